The number of aromatic nitrogens is 1. The van der Waals surface area contributed by atoms with E-state index in [1.807, 2.05) is 0 Å². The number of aryl methyl sites for hydroxylation is 3. The van der Waals surface area contributed by atoms with Gasteiger partial charge in [-0.1, -0.05) is 24.6 Å². The molecule has 0 saturated heterocycles. The Morgan fingerprint density at radius 3 is 2.22 bits per heavy atom. The predicted octanol–water partition coefficient (Wildman–Crippen LogP) is 4.69. The molecule has 0 atom stereocenters. The van der Waals surface area contributed by atoms with Crippen LogP contribution in [0.15, 0.2) is 36.4 Å². The minimum absolute atomic E-state index is 1.02. The van der Waals surface area contributed by atoms with Crippen molar-refractivity contribution in [3.63, 3.8) is 0 Å². The van der Waals surface area contributed by atoms with E-state index in [9.17, 15) is 0 Å². The van der Waals surface area contributed by atoms with Crippen molar-refractivity contribution in [2.24, 2.45) is 0 Å². The van der Waals surface area contributed by atoms with E-state index < -0.39 is 0 Å². The summed E-state index contributed by atoms with van der Waals surface area (Å²) in [6.45, 7) is 7.62. The molecule has 3 rings (SSSR count). The van der Waals surface area contributed by atoms with Crippen molar-refractivity contribution >= 4 is 21.8 Å². The second-order valence-corrected chi connectivity index (χ2v) is 4.97. The van der Waals surface area contributed by atoms with Crippen LogP contribution >= 0.6 is 0 Å². The lowest BCUT2D eigenvalue weighted by atomic mass is 10.1. The molecular weight excluding hydrogens is 218 g/mol. The molecule has 1 nitrogen and oxygen atoms in total. The maximum absolute atomic E-state index is 2.41. The normalized spacial score (nSPS) is 11.5. The van der Waals surface area contributed by atoms with Crippen molar-refractivity contribution in [3.8, 4) is 0 Å². The summed E-state index contributed by atoms with van der Waals surface area (Å²) in [5, 5.41) is 2.79. The Morgan fingerprint density at radius 2 is 1.56 bits per heavy atom. The van der Waals surface area contributed by atoms with Gasteiger partial charge in [-0.25, -0.2) is 0 Å². The summed E-state index contributed by atoms with van der Waals surface area (Å²) in [4.78, 5) is 0. The number of hydrogen-bond acceptors (Lipinski definition) is 0. The number of rotatable bonds is 2. The quantitative estimate of drug-likeness (QED) is 0.609. The first-order chi connectivity index (χ1) is 8.74. The molecule has 0 unspecified atom stereocenters. The Morgan fingerprint density at radius 1 is 0.889 bits per heavy atom. The van der Waals surface area contributed by atoms with Gasteiger partial charge in [0.2, 0.25) is 0 Å². The van der Waals surface area contributed by atoms with E-state index >= 15 is 0 Å². The first-order valence-electron chi connectivity index (χ1n) is 6.76. The van der Waals surface area contributed by atoms with Crippen LogP contribution in [0.2, 0.25) is 0 Å². The first-order valence-corrected chi connectivity index (χ1v) is 6.76. The standard InChI is InChI=1S/C17H19N/c1-4-13-7-9-17-15(11-13)14-10-12(3)6-8-16(14)18(17)5-2/h6-11H,4-5H2,1-3H3. The van der Waals surface area contributed by atoms with Crippen molar-refractivity contribution in [1.82, 2.24) is 4.57 Å². The van der Waals surface area contributed by atoms with Crippen LogP contribution in [0.1, 0.15) is 25.0 Å². The third-order valence-electron chi connectivity index (χ3n) is 3.81. The highest BCUT2D eigenvalue weighted by molar-refractivity contribution is 6.08. The Bertz CT molecular complexity index is 719. The number of benzene rings is 2. The molecule has 0 aliphatic carbocycles. The van der Waals surface area contributed by atoms with Crippen LogP contribution in [-0.4, -0.2) is 4.57 Å². The van der Waals surface area contributed by atoms with Crippen LogP contribution in [0.3, 0.4) is 0 Å². The summed E-state index contributed by atoms with van der Waals surface area (Å²) in [7, 11) is 0. The fourth-order valence-corrected chi connectivity index (χ4v) is 2.83. The first kappa shape index (κ1) is 11.3. The predicted molar refractivity (Wildman–Crippen MR) is 79.2 cm³/mol. The Kier molecular flexibility index (Phi) is 2.62. The van der Waals surface area contributed by atoms with Crippen molar-refractivity contribution < 1.29 is 0 Å². The molecule has 0 amide bonds. The maximum atomic E-state index is 2.41. The van der Waals surface area contributed by atoms with E-state index in [0.717, 1.165) is 13.0 Å². The summed E-state index contributed by atoms with van der Waals surface area (Å²) in [5.74, 6) is 0. The van der Waals surface area contributed by atoms with Gasteiger partial charge in [0.15, 0.2) is 0 Å². The molecule has 0 radical (unpaired) electrons. The lowest BCUT2D eigenvalue weighted by Gasteiger charge is -2.03. The van der Waals surface area contributed by atoms with E-state index in [1.54, 1.807) is 0 Å². The van der Waals surface area contributed by atoms with E-state index in [2.05, 4.69) is 61.7 Å². The van der Waals surface area contributed by atoms with Gasteiger partial charge in [-0.2, -0.15) is 0 Å². The smallest absolute Gasteiger partial charge is 0.0491 e. The molecule has 1 aromatic heterocycles. The van der Waals surface area contributed by atoms with Gasteiger partial charge in [0.25, 0.3) is 0 Å². The molecule has 0 N–H and O–H groups in total. The van der Waals surface area contributed by atoms with Gasteiger partial charge in [0.05, 0.1) is 0 Å². The summed E-state index contributed by atoms with van der Waals surface area (Å²) < 4.78 is 2.41. The molecule has 0 aliphatic rings. The Labute approximate surface area is 108 Å². The van der Waals surface area contributed by atoms with Gasteiger partial charge in [-0.05, 0) is 50.1 Å². The monoisotopic (exact) mass is 237 g/mol. The highest BCUT2D eigenvalue weighted by atomic mass is 15.0. The van der Waals surface area contributed by atoms with Gasteiger partial charge < -0.3 is 4.57 Å². The van der Waals surface area contributed by atoms with Gasteiger partial charge in [0, 0.05) is 28.4 Å². The second-order valence-electron chi connectivity index (χ2n) is 4.97. The summed E-state index contributed by atoms with van der Waals surface area (Å²) in [6.07, 6.45) is 1.10. The van der Waals surface area contributed by atoms with E-state index in [-0.39, 0.29) is 0 Å². The average molecular weight is 237 g/mol. The molecule has 92 valence electrons. The molecule has 0 bridgehead atoms. The molecule has 0 fully saturated rings. The lowest BCUT2D eigenvalue weighted by molar-refractivity contribution is 0.827. The fourth-order valence-electron chi connectivity index (χ4n) is 2.83. The molecule has 1 heteroatoms. The summed E-state index contributed by atoms with van der Waals surface area (Å²) in [6, 6.07) is 13.6. The SMILES string of the molecule is CCc1ccc2c(c1)c1cc(C)ccc1n2CC. The largest absolute Gasteiger partial charge is 0.341 e. The highest BCUT2D eigenvalue weighted by Gasteiger charge is 2.09. The van der Waals surface area contributed by atoms with Crippen molar-refractivity contribution in [2.45, 2.75) is 33.7 Å². The van der Waals surface area contributed by atoms with Crippen molar-refractivity contribution in [3.05, 3.63) is 47.5 Å². The fraction of sp³-hybridized carbons (Fsp3) is 0.294. The molecule has 2 aromatic carbocycles. The van der Waals surface area contributed by atoms with Crippen LogP contribution in [0.5, 0.6) is 0 Å². The zero-order valence-electron chi connectivity index (χ0n) is 11.3. The average Bonchev–Trinajstić information content (AvgIpc) is 2.71. The van der Waals surface area contributed by atoms with Crippen LogP contribution in [0.25, 0.3) is 21.8 Å². The molecule has 18 heavy (non-hydrogen) atoms. The van der Waals surface area contributed by atoms with Gasteiger partial charge >= 0.3 is 0 Å². The van der Waals surface area contributed by atoms with Crippen LogP contribution in [0.4, 0.5) is 0 Å². The third-order valence-corrected chi connectivity index (χ3v) is 3.81. The van der Waals surface area contributed by atoms with E-state index in [0.29, 0.717) is 0 Å². The van der Waals surface area contributed by atoms with Crippen molar-refractivity contribution in [1.29, 1.82) is 0 Å². The zero-order valence-corrected chi connectivity index (χ0v) is 11.3. The molecular formula is C17H19N. The summed E-state index contributed by atoms with van der Waals surface area (Å²) in [5.41, 5.74) is 5.46. The molecule has 0 saturated carbocycles. The highest BCUT2D eigenvalue weighted by Crippen LogP contribution is 2.30. The van der Waals surface area contributed by atoms with Crippen LogP contribution in [0, 0.1) is 6.92 Å². The second kappa shape index (κ2) is 4.16. The van der Waals surface area contributed by atoms with Crippen molar-refractivity contribution in [2.75, 3.05) is 0 Å². The number of fused-ring (bicyclic) bond motifs is 3. The zero-order chi connectivity index (χ0) is 12.7. The maximum Gasteiger partial charge on any atom is 0.0491 e. The van der Waals surface area contributed by atoms with Gasteiger partial charge in [-0.3, -0.25) is 0 Å². The Balaban J connectivity index is 2.49. The molecule has 3 aromatic rings. The molecule has 1 heterocycles. The topological polar surface area (TPSA) is 4.93 Å². The Hall–Kier alpha value is -1.76. The molecule has 0 spiro atoms. The van der Waals surface area contributed by atoms with Crippen LogP contribution < -0.4 is 0 Å². The third kappa shape index (κ3) is 1.54. The number of nitrogens with zero attached hydrogens (tertiary/aromatic N) is 1. The van der Waals surface area contributed by atoms with E-state index in [1.165, 1.54) is 32.9 Å². The number of hydrogen-bond donors (Lipinski definition) is 0. The van der Waals surface area contributed by atoms with E-state index in [4.69, 9.17) is 0 Å². The lowest BCUT2D eigenvalue weighted by Crippen LogP contribution is -1.92. The summed E-state index contributed by atoms with van der Waals surface area (Å²) >= 11 is 0. The minimum atomic E-state index is 1.02. The van der Waals surface area contributed by atoms with Gasteiger partial charge in [-0.15, -0.1) is 0 Å². The minimum Gasteiger partial charge on any atom is -0.341 e. The van der Waals surface area contributed by atoms with Crippen LogP contribution in [-0.2, 0) is 13.0 Å². The molecule has 0 aliphatic heterocycles. The van der Waals surface area contributed by atoms with Gasteiger partial charge in [0.1, 0.15) is 0 Å².